The van der Waals surface area contributed by atoms with Crippen LogP contribution >= 0.6 is 11.3 Å². The molecule has 0 fully saturated rings. The van der Waals surface area contributed by atoms with Gasteiger partial charge in [0.15, 0.2) is 5.13 Å². The first-order chi connectivity index (χ1) is 10.2. The Morgan fingerprint density at radius 3 is 2.57 bits per heavy atom. The summed E-state index contributed by atoms with van der Waals surface area (Å²) in [6, 6.07) is 4.05. The zero-order chi connectivity index (χ0) is 15.2. The molecule has 2 aromatic heterocycles. The van der Waals surface area contributed by atoms with E-state index >= 15 is 0 Å². The molecule has 2 rings (SSSR count). The number of anilines is 1. The number of aliphatic hydroxyl groups is 1. The summed E-state index contributed by atoms with van der Waals surface area (Å²) in [5.74, 6) is 0.386. The second-order valence-electron chi connectivity index (χ2n) is 5.14. The second kappa shape index (κ2) is 7.52. The smallest absolute Gasteiger partial charge is 0.186 e. The standard InChI is InChI=1S/C16H23N3OS/c1-4-12(3)15-14(11-20)21-16(18-15)19(5-2)10-13-6-8-17-9-7-13/h6-9,12,20H,4-5,10-11H2,1-3H3. The van der Waals surface area contributed by atoms with Gasteiger partial charge in [-0.05, 0) is 37.0 Å². The van der Waals surface area contributed by atoms with Gasteiger partial charge in [-0.15, -0.1) is 0 Å². The molecule has 0 radical (unpaired) electrons. The molecular weight excluding hydrogens is 282 g/mol. The third-order valence-electron chi connectivity index (χ3n) is 3.71. The molecule has 0 spiro atoms. The molecule has 0 saturated heterocycles. The number of aliphatic hydroxyl groups excluding tert-OH is 1. The van der Waals surface area contributed by atoms with Gasteiger partial charge < -0.3 is 10.0 Å². The highest BCUT2D eigenvalue weighted by Gasteiger charge is 2.18. The van der Waals surface area contributed by atoms with Gasteiger partial charge in [0.05, 0.1) is 17.2 Å². The lowest BCUT2D eigenvalue weighted by Gasteiger charge is -2.19. The first-order valence-corrected chi connectivity index (χ1v) is 8.25. The van der Waals surface area contributed by atoms with Gasteiger partial charge in [0.2, 0.25) is 0 Å². The highest BCUT2D eigenvalue weighted by molar-refractivity contribution is 7.15. The number of hydrogen-bond acceptors (Lipinski definition) is 5. The Hall–Kier alpha value is -1.46. The fourth-order valence-electron chi connectivity index (χ4n) is 2.20. The molecule has 0 aliphatic heterocycles. The van der Waals surface area contributed by atoms with Gasteiger partial charge in [-0.1, -0.05) is 25.2 Å². The average molecular weight is 305 g/mol. The number of thiazole rings is 1. The van der Waals surface area contributed by atoms with E-state index < -0.39 is 0 Å². The molecule has 0 amide bonds. The maximum atomic E-state index is 9.56. The van der Waals surface area contributed by atoms with Crippen molar-refractivity contribution in [3.05, 3.63) is 40.7 Å². The van der Waals surface area contributed by atoms with E-state index in [4.69, 9.17) is 4.98 Å². The van der Waals surface area contributed by atoms with Crippen LogP contribution in [0.5, 0.6) is 0 Å². The van der Waals surface area contributed by atoms with Crippen LogP contribution in [0.4, 0.5) is 5.13 Å². The maximum Gasteiger partial charge on any atom is 0.186 e. The van der Waals surface area contributed by atoms with Crippen LogP contribution in [-0.2, 0) is 13.2 Å². The minimum Gasteiger partial charge on any atom is -0.391 e. The van der Waals surface area contributed by atoms with E-state index in [-0.39, 0.29) is 6.61 Å². The predicted octanol–water partition coefficient (Wildman–Crippen LogP) is 3.57. The molecule has 0 aromatic carbocycles. The van der Waals surface area contributed by atoms with Crippen LogP contribution in [0.15, 0.2) is 24.5 Å². The van der Waals surface area contributed by atoms with E-state index in [1.807, 2.05) is 24.5 Å². The van der Waals surface area contributed by atoms with Gasteiger partial charge in [0, 0.05) is 25.5 Å². The molecule has 114 valence electrons. The normalized spacial score (nSPS) is 12.4. The summed E-state index contributed by atoms with van der Waals surface area (Å²) in [7, 11) is 0. The van der Waals surface area contributed by atoms with Crippen molar-refractivity contribution in [1.29, 1.82) is 0 Å². The third-order valence-corrected chi connectivity index (χ3v) is 4.83. The minimum absolute atomic E-state index is 0.0736. The quantitative estimate of drug-likeness (QED) is 0.849. The molecule has 0 aliphatic rings. The van der Waals surface area contributed by atoms with E-state index in [1.165, 1.54) is 5.56 Å². The molecule has 1 atom stereocenters. The Kier molecular flexibility index (Phi) is 5.70. The van der Waals surface area contributed by atoms with Gasteiger partial charge in [-0.25, -0.2) is 4.98 Å². The van der Waals surface area contributed by atoms with E-state index in [0.717, 1.165) is 35.2 Å². The van der Waals surface area contributed by atoms with Gasteiger partial charge in [0.1, 0.15) is 0 Å². The lowest BCUT2D eigenvalue weighted by molar-refractivity contribution is 0.283. The molecular formula is C16H23N3OS. The van der Waals surface area contributed by atoms with Gasteiger partial charge >= 0.3 is 0 Å². The average Bonchev–Trinajstić information content (AvgIpc) is 2.97. The largest absolute Gasteiger partial charge is 0.391 e. The Labute approximate surface area is 130 Å². The zero-order valence-corrected chi connectivity index (χ0v) is 13.7. The Balaban J connectivity index is 2.24. The summed E-state index contributed by atoms with van der Waals surface area (Å²) >= 11 is 1.60. The van der Waals surface area contributed by atoms with E-state index in [1.54, 1.807) is 11.3 Å². The summed E-state index contributed by atoms with van der Waals surface area (Å²) in [6.07, 6.45) is 4.66. The topological polar surface area (TPSA) is 49.2 Å². The van der Waals surface area contributed by atoms with E-state index in [9.17, 15) is 5.11 Å². The van der Waals surface area contributed by atoms with Crippen molar-refractivity contribution in [2.24, 2.45) is 0 Å². The van der Waals surface area contributed by atoms with Crippen molar-refractivity contribution in [3.63, 3.8) is 0 Å². The van der Waals surface area contributed by atoms with Crippen molar-refractivity contribution in [2.75, 3.05) is 11.4 Å². The van der Waals surface area contributed by atoms with Crippen LogP contribution in [0.2, 0.25) is 0 Å². The highest BCUT2D eigenvalue weighted by Crippen LogP contribution is 2.32. The molecule has 0 aliphatic carbocycles. The highest BCUT2D eigenvalue weighted by atomic mass is 32.1. The number of pyridine rings is 1. The van der Waals surface area contributed by atoms with Crippen LogP contribution in [0.25, 0.3) is 0 Å². The van der Waals surface area contributed by atoms with Crippen LogP contribution in [0.1, 0.15) is 49.2 Å². The molecule has 1 N–H and O–H groups in total. The number of rotatable bonds is 7. The van der Waals surface area contributed by atoms with Crippen LogP contribution in [0, 0.1) is 0 Å². The molecule has 4 nitrogen and oxygen atoms in total. The van der Waals surface area contributed by atoms with E-state index in [2.05, 4.69) is 30.7 Å². The first kappa shape index (κ1) is 15.9. The van der Waals surface area contributed by atoms with Crippen molar-refractivity contribution in [3.8, 4) is 0 Å². The molecule has 21 heavy (non-hydrogen) atoms. The fourth-order valence-corrected chi connectivity index (χ4v) is 3.30. The van der Waals surface area contributed by atoms with Gasteiger partial charge in [0.25, 0.3) is 0 Å². The third kappa shape index (κ3) is 3.80. The van der Waals surface area contributed by atoms with Gasteiger partial charge in [-0.3, -0.25) is 4.98 Å². The lowest BCUT2D eigenvalue weighted by Crippen LogP contribution is -2.21. The maximum absolute atomic E-state index is 9.56. The Morgan fingerprint density at radius 1 is 1.29 bits per heavy atom. The Morgan fingerprint density at radius 2 is 2.00 bits per heavy atom. The van der Waals surface area contributed by atoms with Crippen molar-refractivity contribution in [1.82, 2.24) is 9.97 Å². The lowest BCUT2D eigenvalue weighted by atomic mass is 10.0. The Bertz CT molecular complexity index is 556. The van der Waals surface area contributed by atoms with E-state index in [0.29, 0.717) is 5.92 Å². The summed E-state index contributed by atoms with van der Waals surface area (Å²) < 4.78 is 0. The van der Waals surface area contributed by atoms with Crippen molar-refractivity contribution in [2.45, 2.75) is 46.3 Å². The molecule has 5 heteroatoms. The van der Waals surface area contributed by atoms with Crippen molar-refractivity contribution >= 4 is 16.5 Å². The van der Waals surface area contributed by atoms with Crippen LogP contribution in [0.3, 0.4) is 0 Å². The van der Waals surface area contributed by atoms with Crippen LogP contribution < -0.4 is 4.90 Å². The molecule has 2 aromatic rings. The predicted molar refractivity (Wildman–Crippen MR) is 87.7 cm³/mol. The first-order valence-electron chi connectivity index (χ1n) is 7.43. The van der Waals surface area contributed by atoms with Crippen LogP contribution in [-0.4, -0.2) is 21.6 Å². The molecule has 2 heterocycles. The monoisotopic (exact) mass is 305 g/mol. The molecule has 0 bridgehead atoms. The zero-order valence-electron chi connectivity index (χ0n) is 12.9. The second-order valence-corrected chi connectivity index (χ2v) is 6.20. The number of hydrogen-bond donors (Lipinski definition) is 1. The summed E-state index contributed by atoms with van der Waals surface area (Å²) in [4.78, 5) is 12.1. The molecule has 1 unspecified atom stereocenters. The SMILES string of the molecule is CCC(C)c1nc(N(CC)Cc2ccncc2)sc1CO. The summed E-state index contributed by atoms with van der Waals surface area (Å²) in [6.45, 7) is 8.23. The number of nitrogens with zero attached hydrogens (tertiary/aromatic N) is 3. The van der Waals surface area contributed by atoms with Gasteiger partial charge in [-0.2, -0.15) is 0 Å². The molecule has 0 saturated carbocycles. The van der Waals surface area contributed by atoms with Crippen molar-refractivity contribution < 1.29 is 5.11 Å². The number of aromatic nitrogens is 2. The summed E-state index contributed by atoms with van der Waals surface area (Å²) in [5.41, 5.74) is 2.27. The fraction of sp³-hybridized carbons (Fsp3) is 0.500. The minimum atomic E-state index is 0.0736. The summed E-state index contributed by atoms with van der Waals surface area (Å²) in [5, 5.41) is 10.6.